The molecule has 0 unspecified atom stereocenters. The normalized spacial score (nSPS) is 11.1. The summed E-state index contributed by atoms with van der Waals surface area (Å²) in [5.74, 6) is -0.186. The van der Waals surface area contributed by atoms with Crippen molar-refractivity contribution in [2.75, 3.05) is 18.9 Å². The summed E-state index contributed by atoms with van der Waals surface area (Å²) < 4.78 is 46.3. The van der Waals surface area contributed by atoms with E-state index in [9.17, 15) is 17.6 Å². The van der Waals surface area contributed by atoms with E-state index >= 15 is 0 Å². The van der Waals surface area contributed by atoms with Crippen LogP contribution >= 0.6 is 11.6 Å². The number of carbonyl (C=O) groups excluding carboxylic acids is 1. The van der Waals surface area contributed by atoms with Gasteiger partial charge in [0.25, 0.3) is 15.9 Å². The van der Waals surface area contributed by atoms with Crippen LogP contribution in [0.3, 0.4) is 0 Å². The fraction of sp³-hybridized carbons (Fsp3) is 0.136. The summed E-state index contributed by atoms with van der Waals surface area (Å²) >= 11 is 6.12. The fourth-order valence-electron chi connectivity index (χ4n) is 2.87. The van der Waals surface area contributed by atoms with Crippen LogP contribution in [0.5, 0.6) is 5.75 Å². The highest BCUT2D eigenvalue weighted by molar-refractivity contribution is 7.92. The first-order chi connectivity index (χ1) is 14.7. The van der Waals surface area contributed by atoms with Crippen molar-refractivity contribution < 1.29 is 22.3 Å². The van der Waals surface area contributed by atoms with E-state index < -0.39 is 15.9 Å². The number of ether oxygens (including phenoxy) is 1. The number of halogens is 2. The molecule has 0 bridgehead atoms. The maximum absolute atomic E-state index is 13.1. The Morgan fingerprint density at radius 1 is 1.06 bits per heavy atom. The highest BCUT2D eigenvalue weighted by atomic mass is 35.5. The third-order valence-electron chi connectivity index (χ3n) is 4.49. The number of nitrogens with one attached hydrogen (secondary N) is 1. The van der Waals surface area contributed by atoms with E-state index in [1.807, 2.05) is 0 Å². The lowest BCUT2D eigenvalue weighted by Crippen LogP contribution is -2.26. The van der Waals surface area contributed by atoms with Gasteiger partial charge in [-0.15, -0.1) is 0 Å². The molecule has 0 atom stereocenters. The Balaban J connectivity index is 1.82. The lowest BCUT2D eigenvalue weighted by molar-refractivity contribution is 0.0785. The van der Waals surface area contributed by atoms with Gasteiger partial charge < -0.3 is 9.64 Å². The second-order valence-electron chi connectivity index (χ2n) is 6.77. The molecule has 162 valence electrons. The van der Waals surface area contributed by atoms with E-state index in [0.717, 1.165) is 5.56 Å². The van der Waals surface area contributed by atoms with Gasteiger partial charge in [0.05, 0.1) is 12.1 Å². The molecule has 9 heteroatoms. The molecule has 0 saturated carbocycles. The molecule has 0 spiro atoms. The molecular formula is C22H20ClFN2O4S. The standard InChI is InChI=1S/C22H20ClFN2O4S/c1-26(14-15-3-6-17(24)7-4-15)22(27)16-5-12-20(23)21(13-16)31(28,29)25-18-8-10-19(30-2)11-9-18/h3-13,25H,14H2,1-2H3. The second kappa shape index (κ2) is 9.36. The van der Waals surface area contributed by atoms with Crippen LogP contribution in [0, 0.1) is 5.82 Å². The smallest absolute Gasteiger partial charge is 0.263 e. The molecule has 6 nitrogen and oxygen atoms in total. The predicted octanol–water partition coefficient (Wildman–Crippen LogP) is 4.56. The van der Waals surface area contributed by atoms with Crippen LogP contribution in [0.25, 0.3) is 0 Å². The number of sulfonamides is 1. The molecular weight excluding hydrogens is 443 g/mol. The Bertz CT molecular complexity index is 1180. The van der Waals surface area contributed by atoms with Gasteiger partial charge in [-0.25, -0.2) is 12.8 Å². The molecule has 0 aliphatic heterocycles. The number of hydrogen-bond acceptors (Lipinski definition) is 4. The van der Waals surface area contributed by atoms with Crippen molar-refractivity contribution in [3.05, 3.63) is 88.7 Å². The van der Waals surface area contributed by atoms with Gasteiger partial charge in [0.15, 0.2) is 0 Å². The first-order valence-corrected chi connectivity index (χ1v) is 11.0. The molecule has 0 aliphatic rings. The molecule has 0 radical (unpaired) electrons. The number of rotatable bonds is 7. The maximum atomic E-state index is 13.1. The van der Waals surface area contributed by atoms with Crippen molar-refractivity contribution in [1.82, 2.24) is 4.90 Å². The topological polar surface area (TPSA) is 75.7 Å². The van der Waals surface area contributed by atoms with Crippen LogP contribution in [0.15, 0.2) is 71.6 Å². The summed E-state index contributed by atoms with van der Waals surface area (Å²) in [6, 6.07) is 16.2. The summed E-state index contributed by atoms with van der Waals surface area (Å²) in [7, 11) is -0.962. The minimum atomic E-state index is -4.04. The zero-order chi connectivity index (χ0) is 22.6. The van der Waals surface area contributed by atoms with Crippen molar-refractivity contribution in [2.24, 2.45) is 0 Å². The molecule has 3 aromatic rings. The van der Waals surface area contributed by atoms with Crippen molar-refractivity contribution in [1.29, 1.82) is 0 Å². The Kier molecular flexibility index (Phi) is 6.82. The van der Waals surface area contributed by atoms with Crippen LogP contribution in [-0.2, 0) is 16.6 Å². The monoisotopic (exact) mass is 462 g/mol. The van der Waals surface area contributed by atoms with Crippen LogP contribution in [0.2, 0.25) is 5.02 Å². The summed E-state index contributed by atoms with van der Waals surface area (Å²) in [4.78, 5) is 14.0. The van der Waals surface area contributed by atoms with E-state index in [1.165, 1.54) is 42.3 Å². The van der Waals surface area contributed by atoms with E-state index in [4.69, 9.17) is 16.3 Å². The quantitative estimate of drug-likeness (QED) is 0.558. The lowest BCUT2D eigenvalue weighted by atomic mass is 10.1. The number of methoxy groups -OCH3 is 1. The molecule has 0 fully saturated rings. The molecule has 0 aliphatic carbocycles. The van der Waals surface area contributed by atoms with Crippen LogP contribution in [0.4, 0.5) is 10.1 Å². The number of anilines is 1. The first-order valence-electron chi connectivity index (χ1n) is 9.16. The van der Waals surface area contributed by atoms with Crippen molar-refractivity contribution in [3.8, 4) is 5.75 Å². The van der Waals surface area contributed by atoms with Gasteiger partial charge in [0.2, 0.25) is 0 Å². The van der Waals surface area contributed by atoms with Gasteiger partial charge in [0, 0.05) is 24.8 Å². The Morgan fingerprint density at radius 2 is 1.71 bits per heavy atom. The van der Waals surface area contributed by atoms with E-state index in [-0.39, 0.29) is 27.8 Å². The van der Waals surface area contributed by atoms with Crippen molar-refractivity contribution in [2.45, 2.75) is 11.4 Å². The number of benzene rings is 3. The largest absolute Gasteiger partial charge is 0.497 e. The minimum absolute atomic E-state index is 0.0150. The van der Waals surface area contributed by atoms with Gasteiger partial charge >= 0.3 is 0 Å². The van der Waals surface area contributed by atoms with Gasteiger partial charge in [-0.05, 0) is 60.2 Å². The SMILES string of the molecule is COc1ccc(NS(=O)(=O)c2cc(C(=O)N(C)Cc3ccc(F)cc3)ccc2Cl)cc1. The second-order valence-corrected chi connectivity index (χ2v) is 8.82. The molecule has 1 N–H and O–H groups in total. The van der Waals surface area contributed by atoms with Gasteiger partial charge in [-0.3, -0.25) is 9.52 Å². The third-order valence-corrected chi connectivity index (χ3v) is 6.35. The minimum Gasteiger partial charge on any atom is -0.497 e. The van der Waals surface area contributed by atoms with E-state index in [2.05, 4.69) is 4.72 Å². The van der Waals surface area contributed by atoms with Crippen LogP contribution < -0.4 is 9.46 Å². The number of nitrogens with zero attached hydrogens (tertiary/aromatic N) is 1. The maximum Gasteiger partial charge on any atom is 0.263 e. The molecule has 1 amide bonds. The highest BCUT2D eigenvalue weighted by Gasteiger charge is 2.22. The molecule has 0 heterocycles. The van der Waals surface area contributed by atoms with Gasteiger partial charge in [0.1, 0.15) is 16.5 Å². The van der Waals surface area contributed by atoms with Gasteiger partial charge in [-0.1, -0.05) is 23.7 Å². The summed E-state index contributed by atoms with van der Waals surface area (Å²) in [6.07, 6.45) is 0. The average molecular weight is 463 g/mol. The van der Waals surface area contributed by atoms with Gasteiger partial charge in [-0.2, -0.15) is 0 Å². The Hall–Kier alpha value is -3.10. The average Bonchev–Trinajstić information content (AvgIpc) is 2.75. The summed E-state index contributed by atoms with van der Waals surface area (Å²) in [5, 5.41) is -0.0150. The first kappa shape index (κ1) is 22.6. The third kappa shape index (κ3) is 5.53. The zero-order valence-electron chi connectivity index (χ0n) is 16.8. The highest BCUT2D eigenvalue weighted by Crippen LogP contribution is 2.26. The molecule has 3 rings (SSSR count). The van der Waals surface area contributed by atoms with Crippen LogP contribution in [0.1, 0.15) is 15.9 Å². The van der Waals surface area contributed by atoms with Crippen molar-refractivity contribution in [3.63, 3.8) is 0 Å². The molecule has 3 aromatic carbocycles. The Morgan fingerprint density at radius 3 is 2.32 bits per heavy atom. The van der Waals surface area contributed by atoms with Crippen molar-refractivity contribution >= 4 is 33.2 Å². The fourth-order valence-corrected chi connectivity index (χ4v) is 4.45. The summed E-state index contributed by atoms with van der Waals surface area (Å²) in [5.41, 5.74) is 1.21. The van der Waals surface area contributed by atoms with Crippen LogP contribution in [-0.4, -0.2) is 33.4 Å². The lowest BCUT2D eigenvalue weighted by Gasteiger charge is -2.18. The molecule has 0 saturated heterocycles. The number of carbonyl (C=O) groups is 1. The zero-order valence-corrected chi connectivity index (χ0v) is 18.4. The molecule has 0 aromatic heterocycles. The Labute approximate surface area is 185 Å². The predicted molar refractivity (Wildman–Crippen MR) is 117 cm³/mol. The van der Waals surface area contributed by atoms with E-state index in [1.54, 1.807) is 43.4 Å². The molecule has 31 heavy (non-hydrogen) atoms. The van der Waals surface area contributed by atoms with E-state index in [0.29, 0.717) is 11.4 Å². The summed E-state index contributed by atoms with van der Waals surface area (Å²) in [6.45, 7) is 0.230. The number of hydrogen-bond donors (Lipinski definition) is 1. The number of amides is 1.